The first kappa shape index (κ1) is 14.8. The lowest BCUT2D eigenvalue weighted by atomic mass is 10.1. The van der Waals surface area contributed by atoms with Crippen LogP contribution in [0.25, 0.3) is 0 Å². The average molecular weight is 333 g/mol. The number of ether oxygens (including phenoxy) is 1. The number of thioether (sulfide) groups is 1. The third-order valence-electron chi connectivity index (χ3n) is 4.33. The fourth-order valence-electron chi connectivity index (χ4n) is 3.23. The van der Waals surface area contributed by atoms with Gasteiger partial charge in [-0.05, 0) is 19.8 Å². The standard InChI is InChI=1S/C15H19N5O2S/c1-9-17-14-12(13(23-9)10-7-16-19(2)8-10)15(21)18-20(14)11-3-5-22-6-4-11/h7-8,11,13H,3-6H2,1-2H3,(H,18,21)/t13-/m1/s1. The quantitative estimate of drug-likeness (QED) is 0.913. The van der Waals surface area contributed by atoms with Crippen molar-refractivity contribution in [3.8, 4) is 0 Å². The van der Waals surface area contributed by atoms with Crippen LogP contribution in [0.15, 0.2) is 22.2 Å². The Labute approximate surface area is 137 Å². The second-order valence-electron chi connectivity index (χ2n) is 5.97. The topological polar surface area (TPSA) is 77.2 Å². The van der Waals surface area contributed by atoms with Crippen molar-refractivity contribution in [2.75, 3.05) is 13.2 Å². The third kappa shape index (κ3) is 2.55. The van der Waals surface area contributed by atoms with Crippen molar-refractivity contribution in [1.29, 1.82) is 0 Å². The summed E-state index contributed by atoms with van der Waals surface area (Å²) in [5.74, 6) is 0.770. The number of nitrogens with one attached hydrogen (secondary N) is 1. The lowest BCUT2D eigenvalue weighted by molar-refractivity contribution is 0.0666. The molecule has 0 amide bonds. The molecule has 8 heteroatoms. The van der Waals surface area contributed by atoms with Gasteiger partial charge in [-0.2, -0.15) is 5.10 Å². The SMILES string of the molecule is CC1=Nc2c(c(=O)[nH]n2C2CCOCC2)[C@@H](c2cnn(C)c2)S1. The molecule has 2 aromatic heterocycles. The highest BCUT2D eigenvalue weighted by Gasteiger charge is 2.32. The molecule has 7 nitrogen and oxygen atoms in total. The minimum absolute atomic E-state index is 0.0518. The molecule has 1 atom stereocenters. The lowest BCUT2D eigenvalue weighted by Gasteiger charge is -2.25. The second kappa shape index (κ2) is 5.68. The van der Waals surface area contributed by atoms with Gasteiger partial charge in [0, 0.05) is 32.0 Å². The first-order chi connectivity index (χ1) is 11.1. The van der Waals surface area contributed by atoms with Crippen molar-refractivity contribution in [1.82, 2.24) is 19.6 Å². The zero-order valence-electron chi connectivity index (χ0n) is 13.2. The molecule has 2 aliphatic rings. The number of fused-ring (bicyclic) bond motifs is 1. The number of rotatable bonds is 2. The molecule has 0 aromatic carbocycles. The van der Waals surface area contributed by atoms with E-state index in [4.69, 9.17) is 4.74 Å². The Balaban J connectivity index is 1.82. The summed E-state index contributed by atoms with van der Waals surface area (Å²) in [6.07, 6.45) is 5.59. The molecule has 0 spiro atoms. The van der Waals surface area contributed by atoms with E-state index < -0.39 is 0 Å². The first-order valence-corrected chi connectivity index (χ1v) is 8.64. The number of aryl methyl sites for hydroxylation is 1. The maximum Gasteiger partial charge on any atom is 0.271 e. The van der Waals surface area contributed by atoms with Gasteiger partial charge in [0.05, 0.1) is 28.1 Å². The van der Waals surface area contributed by atoms with Crippen molar-refractivity contribution >= 4 is 22.6 Å². The van der Waals surface area contributed by atoms with E-state index in [1.165, 1.54) is 0 Å². The summed E-state index contributed by atoms with van der Waals surface area (Å²) in [5.41, 5.74) is 1.72. The lowest BCUT2D eigenvalue weighted by Crippen LogP contribution is -2.21. The van der Waals surface area contributed by atoms with Crippen molar-refractivity contribution in [2.45, 2.75) is 31.1 Å². The third-order valence-corrected chi connectivity index (χ3v) is 5.51. The van der Waals surface area contributed by atoms with Crippen LogP contribution in [0.1, 0.15) is 42.2 Å². The second-order valence-corrected chi connectivity index (χ2v) is 7.27. The van der Waals surface area contributed by atoms with Crippen LogP contribution in [0.4, 0.5) is 5.82 Å². The van der Waals surface area contributed by atoms with Crippen LogP contribution in [-0.4, -0.2) is 37.8 Å². The largest absolute Gasteiger partial charge is 0.381 e. The molecule has 0 radical (unpaired) electrons. The summed E-state index contributed by atoms with van der Waals surface area (Å²) in [5, 5.41) is 8.16. The highest BCUT2D eigenvalue weighted by Crippen LogP contribution is 2.44. The molecule has 0 aliphatic carbocycles. The van der Waals surface area contributed by atoms with Crippen molar-refractivity contribution in [2.24, 2.45) is 12.0 Å². The van der Waals surface area contributed by atoms with Crippen molar-refractivity contribution < 1.29 is 4.74 Å². The summed E-state index contributed by atoms with van der Waals surface area (Å²) < 4.78 is 9.15. The van der Waals surface area contributed by atoms with Gasteiger partial charge in [0.1, 0.15) is 0 Å². The maximum atomic E-state index is 12.6. The fourth-order valence-corrected chi connectivity index (χ4v) is 4.30. The van der Waals surface area contributed by atoms with Crippen LogP contribution in [0.5, 0.6) is 0 Å². The van der Waals surface area contributed by atoms with E-state index in [1.807, 2.05) is 31.0 Å². The van der Waals surface area contributed by atoms with Gasteiger partial charge in [0.25, 0.3) is 5.56 Å². The molecule has 1 saturated heterocycles. The molecule has 1 fully saturated rings. The van der Waals surface area contributed by atoms with Crippen LogP contribution in [-0.2, 0) is 11.8 Å². The Bertz CT molecular complexity index is 812. The predicted octanol–water partition coefficient (Wildman–Crippen LogP) is 2.15. The van der Waals surface area contributed by atoms with E-state index in [0.29, 0.717) is 0 Å². The van der Waals surface area contributed by atoms with Gasteiger partial charge in [-0.15, -0.1) is 0 Å². The van der Waals surface area contributed by atoms with Gasteiger partial charge in [-0.25, -0.2) is 4.99 Å². The Morgan fingerprint density at radius 2 is 2.17 bits per heavy atom. The fraction of sp³-hybridized carbons (Fsp3) is 0.533. The van der Waals surface area contributed by atoms with Crippen LogP contribution < -0.4 is 5.56 Å². The summed E-state index contributed by atoms with van der Waals surface area (Å²) in [6.45, 7) is 3.44. The number of aliphatic imine (C=N–C) groups is 1. The molecule has 2 aliphatic heterocycles. The Kier molecular flexibility index (Phi) is 3.65. The number of aromatic nitrogens is 4. The van der Waals surface area contributed by atoms with Crippen LogP contribution in [0, 0.1) is 0 Å². The van der Waals surface area contributed by atoms with Gasteiger partial charge in [-0.1, -0.05) is 11.8 Å². The van der Waals surface area contributed by atoms with Gasteiger partial charge in [-0.3, -0.25) is 19.3 Å². The summed E-state index contributed by atoms with van der Waals surface area (Å²) in [7, 11) is 1.89. The molecular formula is C15H19N5O2S. The first-order valence-electron chi connectivity index (χ1n) is 7.76. The van der Waals surface area contributed by atoms with E-state index in [0.717, 1.165) is 48.0 Å². The van der Waals surface area contributed by atoms with Gasteiger partial charge >= 0.3 is 0 Å². The maximum absolute atomic E-state index is 12.6. The number of nitrogens with zero attached hydrogens (tertiary/aromatic N) is 4. The highest BCUT2D eigenvalue weighted by molar-refractivity contribution is 8.14. The number of hydrogen-bond donors (Lipinski definition) is 1. The van der Waals surface area contributed by atoms with E-state index >= 15 is 0 Å². The van der Waals surface area contributed by atoms with E-state index in [9.17, 15) is 4.79 Å². The minimum Gasteiger partial charge on any atom is -0.381 e. The monoisotopic (exact) mass is 333 g/mol. The normalized spacial score (nSPS) is 22.0. The molecular weight excluding hydrogens is 314 g/mol. The predicted molar refractivity (Wildman–Crippen MR) is 89.6 cm³/mol. The van der Waals surface area contributed by atoms with Gasteiger partial charge < -0.3 is 4.74 Å². The average Bonchev–Trinajstić information content (AvgIpc) is 3.12. The molecule has 0 bridgehead atoms. The van der Waals surface area contributed by atoms with Crippen LogP contribution >= 0.6 is 11.8 Å². The van der Waals surface area contributed by atoms with Gasteiger partial charge in [0.2, 0.25) is 0 Å². The van der Waals surface area contributed by atoms with Crippen LogP contribution in [0.2, 0.25) is 0 Å². The van der Waals surface area contributed by atoms with Gasteiger partial charge in [0.15, 0.2) is 5.82 Å². The molecule has 4 rings (SSSR count). The summed E-state index contributed by atoms with van der Waals surface area (Å²) >= 11 is 1.61. The highest BCUT2D eigenvalue weighted by atomic mass is 32.2. The van der Waals surface area contributed by atoms with E-state index in [1.54, 1.807) is 16.4 Å². The van der Waals surface area contributed by atoms with Crippen molar-refractivity contribution in [3.63, 3.8) is 0 Å². The molecule has 2 aromatic rings. The number of H-pyrrole nitrogens is 1. The zero-order valence-corrected chi connectivity index (χ0v) is 14.0. The molecule has 1 N–H and O–H groups in total. The van der Waals surface area contributed by atoms with E-state index in [2.05, 4.69) is 15.2 Å². The molecule has 122 valence electrons. The smallest absolute Gasteiger partial charge is 0.271 e. The minimum atomic E-state index is -0.0546. The molecule has 0 unspecified atom stereocenters. The van der Waals surface area contributed by atoms with E-state index in [-0.39, 0.29) is 16.9 Å². The Morgan fingerprint density at radius 3 is 2.87 bits per heavy atom. The van der Waals surface area contributed by atoms with Crippen molar-refractivity contribution in [3.05, 3.63) is 33.9 Å². The Morgan fingerprint density at radius 1 is 1.39 bits per heavy atom. The Hall–Kier alpha value is -1.80. The molecule has 4 heterocycles. The summed E-state index contributed by atoms with van der Waals surface area (Å²) in [6, 6.07) is 0.245. The summed E-state index contributed by atoms with van der Waals surface area (Å²) in [4.78, 5) is 17.3. The molecule has 23 heavy (non-hydrogen) atoms. The number of aromatic amines is 1. The zero-order chi connectivity index (χ0) is 16.0. The number of hydrogen-bond acceptors (Lipinski definition) is 5. The van der Waals surface area contributed by atoms with Crippen LogP contribution in [0.3, 0.4) is 0 Å². The molecule has 0 saturated carbocycles.